The summed E-state index contributed by atoms with van der Waals surface area (Å²) in [5, 5.41) is 8.41. The van der Waals surface area contributed by atoms with Crippen molar-refractivity contribution in [1.29, 1.82) is 0 Å². The molecule has 7 nitrogen and oxygen atoms in total. The van der Waals surface area contributed by atoms with Gasteiger partial charge in [0.2, 0.25) is 5.91 Å². The molecule has 2 aromatic heterocycles. The Labute approximate surface area is 192 Å². The van der Waals surface area contributed by atoms with Crippen LogP contribution in [0.4, 0.5) is 5.69 Å². The van der Waals surface area contributed by atoms with Crippen molar-refractivity contribution in [3.05, 3.63) is 72.6 Å². The molecule has 5 rings (SSSR count). The van der Waals surface area contributed by atoms with Crippen LogP contribution in [-0.4, -0.2) is 44.6 Å². The molecule has 2 N–H and O–H groups in total. The molecule has 4 aromatic rings. The molecule has 0 unspecified atom stereocenters. The summed E-state index contributed by atoms with van der Waals surface area (Å²) in [5.41, 5.74) is 4.43. The van der Waals surface area contributed by atoms with E-state index in [9.17, 15) is 9.59 Å². The third-order valence-electron chi connectivity index (χ3n) is 6.25. The van der Waals surface area contributed by atoms with E-state index in [0.29, 0.717) is 18.7 Å². The number of fused-ring (bicyclic) bond motifs is 1. The summed E-state index contributed by atoms with van der Waals surface area (Å²) in [6.07, 6.45) is 4.94. The number of nitrogens with zero attached hydrogens (tertiary/aromatic N) is 3. The molecule has 33 heavy (non-hydrogen) atoms. The number of likely N-dealkylation sites (tertiary alicyclic amines) is 1. The monoisotopic (exact) mass is 441 g/mol. The Hall–Kier alpha value is -3.87. The molecule has 7 heteroatoms. The van der Waals surface area contributed by atoms with Crippen LogP contribution in [0.1, 0.15) is 30.1 Å². The first-order valence-electron chi connectivity index (χ1n) is 11.4. The number of aryl methyl sites for hydroxylation is 1. The van der Waals surface area contributed by atoms with Crippen LogP contribution in [0.2, 0.25) is 0 Å². The number of hydrogen-bond donors (Lipinski definition) is 2. The van der Waals surface area contributed by atoms with Crippen LogP contribution in [0, 0.1) is 5.92 Å². The van der Waals surface area contributed by atoms with E-state index in [2.05, 4.69) is 27.5 Å². The summed E-state index contributed by atoms with van der Waals surface area (Å²) < 4.78 is 1.74. The minimum Gasteiger partial charge on any atom is -0.355 e. The number of H-pyrrole nitrogens is 1. The van der Waals surface area contributed by atoms with E-state index in [1.807, 2.05) is 49.4 Å². The molecule has 0 radical (unpaired) electrons. The molecule has 1 aliphatic rings. The van der Waals surface area contributed by atoms with Gasteiger partial charge in [-0.05, 0) is 44.0 Å². The SMILES string of the molecule is CCn1cc(C(=O)N2CCC[C@H](C(=O)Nc3cccc(-c4cc5ccccc5[nH]4)c3)C2)cn1. The van der Waals surface area contributed by atoms with E-state index in [1.165, 1.54) is 0 Å². The van der Waals surface area contributed by atoms with Crippen LogP contribution in [0.5, 0.6) is 0 Å². The summed E-state index contributed by atoms with van der Waals surface area (Å²) in [6.45, 7) is 3.78. The Morgan fingerprint density at radius 3 is 2.85 bits per heavy atom. The highest BCUT2D eigenvalue weighted by Gasteiger charge is 2.29. The van der Waals surface area contributed by atoms with Gasteiger partial charge in [0, 0.05) is 53.7 Å². The highest BCUT2D eigenvalue weighted by molar-refractivity contribution is 5.96. The fraction of sp³-hybridized carbons (Fsp3) is 0.269. The Bertz CT molecular complexity index is 1270. The molecule has 3 heterocycles. The summed E-state index contributed by atoms with van der Waals surface area (Å²) >= 11 is 0. The summed E-state index contributed by atoms with van der Waals surface area (Å²) in [5.74, 6) is -0.348. The number of benzene rings is 2. The Morgan fingerprint density at radius 1 is 1.15 bits per heavy atom. The van der Waals surface area contributed by atoms with Crippen molar-refractivity contribution in [3.63, 3.8) is 0 Å². The first kappa shape index (κ1) is 21.0. The van der Waals surface area contributed by atoms with Gasteiger partial charge in [0.1, 0.15) is 0 Å². The third-order valence-corrected chi connectivity index (χ3v) is 6.25. The van der Waals surface area contributed by atoms with Crippen LogP contribution in [0.25, 0.3) is 22.2 Å². The second-order valence-electron chi connectivity index (χ2n) is 8.52. The lowest BCUT2D eigenvalue weighted by molar-refractivity contribution is -0.121. The standard InChI is InChI=1S/C26H27N5O2/c1-2-31-17-21(15-27-31)26(33)30-12-6-9-20(16-30)25(32)28-22-10-5-8-18(13-22)24-14-19-7-3-4-11-23(19)29-24/h3-5,7-8,10-11,13-15,17,20,29H,2,6,9,12,16H2,1H3,(H,28,32)/t20-/m0/s1. The van der Waals surface area contributed by atoms with Gasteiger partial charge in [-0.2, -0.15) is 5.10 Å². The predicted octanol–water partition coefficient (Wildman–Crippen LogP) is 4.54. The molecular weight excluding hydrogens is 414 g/mol. The normalized spacial score (nSPS) is 16.2. The number of para-hydroxylation sites is 1. The van der Waals surface area contributed by atoms with Crippen molar-refractivity contribution < 1.29 is 9.59 Å². The molecule has 0 aliphatic carbocycles. The lowest BCUT2D eigenvalue weighted by atomic mass is 9.96. The predicted molar refractivity (Wildman–Crippen MR) is 129 cm³/mol. The number of carbonyl (C=O) groups excluding carboxylic acids is 2. The molecule has 1 aliphatic heterocycles. The van der Waals surface area contributed by atoms with Crippen LogP contribution >= 0.6 is 0 Å². The minimum absolute atomic E-state index is 0.0504. The van der Waals surface area contributed by atoms with E-state index in [0.717, 1.165) is 47.2 Å². The van der Waals surface area contributed by atoms with Gasteiger partial charge in [0.15, 0.2) is 0 Å². The number of aromatic amines is 1. The topological polar surface area (TPSA) is 83.0 Å². The smallest absolute Gasteiger partial charge is 0.257 e. The van der Waals surface area contributed by atoms with Crippen molar-refractivity contribution >= 4 is 28.4 Å². The van der Waals surface area contributed by atoms with Gasteiger partial charge in [-0.1, -0.05) is 30.3 Å². The third kappa shape index (κ3) is 4.39. The van der Waals surface area contributed by atoms with Crippen LogP contribution < -0.4 is 5.32 Å². The van der Waals surface area contributed by atoms with Crippen molar-refractivity contribution in [3.8, 4) is 11.3 Å². The maximum atomic E-state index is 13.0. The maximum Gasteiger partial charge on any atom is 0.257 e. The summed E-state index contributed by atoms with van der Waals surface area (Å²) in [6, 6.07) is 18.1. The number of anilines is 1. The Balaban J connectivity index is 1.27. The van der Waals surface area contributed by atoms with E-state index in [1.54, 1.807) is 22.0 Å². The zero-order valence-electron chi connectivity index (χ0n) is 18.6. The summed E-state index contributed by atoms with van der Waals surface area (Å²) in [4.78, 5) is 31.1. The first-order chi connectivity index (χ1) is 16.1. The van der Waals surface area contributed by atoms with Gasteiger partial charge in [0.25, 0.3) is 5.91 Å². The fourth-order valence-corrected chi connectivity index (χ4v) is 4.44. The molecule has 2 aromatic carbocycles. The van der Waals surface area contributed by atoms with Crippen molar-refractivity contribution in [2.75, 3.05) is 18.4 Å². The molecule has 0 spiro atoms. The van der Waals surface area contributed by atoms with Crippen LogP contribution in [-0.2, 0) is 11.3 Å². The lowest BCUT2D eigenvalue weighted by Crippen LogP contribution is -2.43. The Morgan fingerprint density at radius 2 is 2.03 bits per heavy atom. The van der Waals surface area contributed by atoms with E-state index < -0.39 is 0 Å². The van der Waals surface area contributed by atoms with Gasteiger partial charge in [0.05, 0.1) is 17.7 Å². The van der Waals surface area contributed by atoms with Gasteiger partial charge in [-0.25, -0.2) is 0 Å². The van der Waals surface area contributed by atoms with E-state index in [-0.39, 0.29) is 17.7 Å². The largest absolute Gasteiger partial charge is 0.355 e. The second-order valence-corrected chi connectivity index (χ2v) is 8.52. The van der Waals surface area contributed by atoms with Crippen molar-refractivity contribution in [1.82, 2.24) is 19.7 Å². The first-order valence-corrected chi connectivity index (χ1v) is 11.4. The molecule has 1 fully saturated rings. The van der Waals surface area contributed by atoms with Gasteiger partial charge in [-0.3, -0.25) is 14.3 Å². The van der Waals surface area contributed by atoms with E-state index in [4.69, 9.17) is 0 Å². The number of piperidine rings is 1. The molecule has 0 bridgehead atoms. The molecule has 1 atom stereocenters. The van der Waals surface area contributed by atoms with Crippen LogP contribution in [0.3, 0.4) is 0 Å². The van der Waals surface area contributed by atoms with Gasteiger partial charge < -0.3 is 15.2 Å². The highest BCUT2D eigenvalue weighted by Crippen LogP contribution is 2.27. The molecular formula is C26H27N5O2. The maximum absolute atomic E-state index is 13.0. The average molecular weight is 442 g/mol. The lowest BCUT2D eigenvalue weighted by Gasteiger charge is -2.31. The molecule has 1 saturated heterocycles. The zero-order valence-corrected chi connectivity index (χ0v) is 18.6. The summed E-state index contributed by atoms with van der Waals surface area (Å²) in [7, 11) is 0. The quantitative estimate of drug-likeness (QED) is 0.477. The number of carbonyl (C=O) groups is 2. The van der Waals surface area contributed by atoms with Gasteiger partial charge >= 0.3 is 0 Å². The highest BCUT2D eigenvalue weighted by atomic mass is 16.2. The number of nitrogens with one attached hydrogen (secondary N) is 2. The van der Waals surface area contributed by atoms with Crippen LogP contribution in [0.15, 0.2) is 67.0 Å². The molecule has 168 valence electrons. The second kappa shape index (κ2) is 8.94. The number of amides is 2. The minimum atomic E-state index is -0.236. The number of hydrogen-bond acceptors (Lipinski definition) is 3. The molecule has 2 amide bonds. The Kier molecular flexibility index (Phi) is 5.69. The van der Waals surface area contributed by atoms with Crippen molar-refractivity contribution in [2.45, 2.75) is 26.3 Å². The van der Waals surface area contributed by atoms with Gasteiger partial charge in [-0.15, -0.1) is 0 Å². The number of aromatic nitrogens is 3. The molecule has 0 saturated carbocycles. The zero-order chi connectivity index (χ0) is 22.8. The fourth-order valence-electron chi connectivity index (χ4n) is 4.44. The van der Waals surface area contributed by atoms with E-state index >= 15 is 0 Å². The average Bonchev–Trinajstić information content (AvgIpc) is 3.51. The number of rotatable bonds is 5. The van der Waals surface area contributed by atoms with Crippen molar-refractivity contribution in [2.24, 2.45) is 5.92 Å².